The van der Waals surface area contributed by atoms with Crippen molar-refractivity contribution in [3.05, 3.63) is 70.2 Å². The minimum absolute atomic E-state index is 0.108. The smallest absolute Gasteiger partial charge is 0.230 e. The number of hydrogen-bond donors (Lipinski definition) is 1. The van der Waals surface area contributed by atoms with Crippen molar-refractivity contribution in [3.8, 4) is 0 Å². The third kappa shape index (κ3) is 5.08. The van der Waals surface area contributed by atoms with Gasteiger partial charge in [-0.3, -0.25) is 9.69 Å². The van der Waals surface area contributed by atoms with Gasteiger partial charge in [-0.15, -0.1) is 0 Å². The molecule has 156 valence electrons. The van der Waals surface area contributed by atoms with E-state index in [1.54, 1.807) is 0 Å². The van der Waals surface area contributed by atoms with Gasteiger partial charge < -0.3 is 10.1 Å². The molecule has 1 saturated heterocycles. The molecule has 1 aliphatic heterocycles. The zero-order valence-corrected chi connectivity index (χ0v) is 19.0. The Kier molecular flexibility index (Phi) is 7.87. The summed E-state index contributed by atoms with van der Waals surface area (Å²) in [7, 11) is 0. The second kappa shape index (κ2) is 10.4. The van der Waals surface area contributed by atoms with Crippen molar-refractivity contribution in [2.75, 3.05) is 32.8 Å². The van der Waals surface area contributed by atoms with Crippen LogP contribution in [-0.2, 0) is 14.9 Å². The fraction of sp³-hybridized carbons (Fsp3) is 0.458. The van der Waals surface area contributed by atoms with Gasteiger partial charge in [0.2, 0.25) is 5.91 Å². The number of halogens is 1. The zero-order valence-electron chi connectivity index (χ0n) is 17.4. The predicted octanol–water partition coefficient (Wildman–Crippen LogP) is 4.70. The maximum Gasteiger partial charge on any atom is 0.230 e. The summed E-state index contributed by atoms with van der Waals surface area (Å²) in [6, 6.07) is 18.8. The van der Waals surface area contributed by atoms with Crippen molar-refractivity contribution in [2.45, 2.75) is 38.1 Å². The number of carbonyl (C=O) groups excluding carboxylic acids is 1. The Morgan fingerprint density at radius 1 is 1.07 bits per heavy atom. The zero-order chi connectivity index (χ0) is 20.7. The van der Waals surface area contributed by atoms with Crippen LogP contribution < -0.4 is 5.32 Å². The number of nitrogens with one attached hydrogen (secondary N) is 1. The van der Waals surface area contributed by atoms with Crippen LogP contribution in [0, 0.1) is 0 Å². The fourth-order valence-electron chi connectivity index (χ4n) is 4.29. The van der Waals surface area contributed by atoms with Crippen LogP contribution in [0.4, 0.5) is 0 Å². The van der Waals surface area contributed by atoms with E-state index in [9.17, 15) is 4.79 Å². The van der Waals surface area contributed by atoms with Crippen LogP contribution in [0.1, 0.15) is 43.9 Å². The van der Waals surface area contributed by atoms with E-state index in [2.05, 4.69) is 76.4 Å². The van der Waals surface area contributed by atoms with E-state index in [0.29, 0.717) is 32.6 Å². The van der Waals surface area contributed by atoms with E-state index in [4.69, 9.17) is 4.74 Å². The van der Waals surface area contributed by atoms with Crippen LogP contribution in [0.5, 0.6) is 0 Å². The van der Waals surface area contributed by atoms with E-state index < -0.39 is 5.41 Å². The quantitative estimate of drug-likeness (QED) is 0.623. The normalized spacial score (nSPS) is 17.1. The molecule has 2 aromatic rings. The first-order valence-electron chi connectivity index (χ1n) is 10.5. The number of rotatable bonds is 8. The van der Waals surface area contributed by atoms with E-state index in [-0.39, 0.29) is 11.9 Å². The second-order valence-corrected chi connectivity index (χ2v) is 8.47. The topological polar surface area (TPSA) is 41.6 Å². The Morgan fingerprint density at radius 2 is 1.69 bits per heavy atom. The molecule has 29 heavy (non-hydrogen) atoms. The third-order valence-corrected chi connectivity index (χ3v) is 6.60. The molecule has 0 bridgehead atoms. The highest BCUT2D eigenvalue weighted by atomic mass is 79.9. The van der Waals surface area contributed by atoms with Gasteiger partial charge in [0, 0.05) is 24.2 Å². The first-order chi connectivity index (χ1) is 14.1. The number of ether oxygens (including phenoxy) is 1. The monoisotopic (exact) mass is 458 g/mol. The molecule has 0 spiro atoms. The largest absolute Gasteiger partial charge is 0.381 e. The maximum absolute atomic E-state index is 13.5. The first-order valence-corrected chi connectivity index (χ1v) is 11.3. The third-order valence-electron chi connectivity index (χ3n) is 6.07. The van der Waals surface area contributed by atoms with Crippen LogP contribution in [0.3, 0.4) is 0 Å². The molecule has 1 aliphatic rings. The fourth-order valence-corrected chi connectivity index (χ4v) is 4.56. The van der Waals surface area contributed by atoms with Crippen molar-refractivity contribution in [3.63, 3.8) is 0 Å². The molecule has 5 heteroatoms. The van der Waals surface area contributed by atoms with Gasteiger partial charge in [0.15, 0.2) is 0 Å². The molecule has 1 heterocycles. The molecule has 0 radical (unpaired) electrons. The van der Waals surface area contributed by atoms with E-state index >= 15 is 0 Å². The van der Waals surface area contributed by atoms with E-state index in [0.717, 1.165) is 23.1 Å². The summed E-state index contributed by atoms with van der Waals surface area (Å²) >= 11 is 3.50. The van der Waals surface area contributed by atoms with Gasteiger partial charge in [-0.1, -0.05) is 72.2 Å². The average molecular weight is 459 g/mol. The summed E-state index contributed by atoms with van der Waals surface area (Å²) in [4.78, 5) is 15.9. The molecular formula is C24H31BrN2O2. The number of likely N-dealkylation sites (N-methyl/N-ethyl adjacent to an activating group) is 1. The Balaban J connectivity index is 1.82. The van der Waals surface area contributed by atoms with E-state index in [1.807, 2.05) is 18.2 Å². The maximum atomic E-state index is 13.5. The Morgan fingerprint density at radius 3 is 2.28 bits per heavy atom. The van der Waals surface area contributed by atoms with Gasteiger partial charge >= 0.3 is 0 Å². The number of benzene rings is 2. The van der Waals surface area contributed by atoms with Crippen LogP contribution in [0.25, 0.3) is 0 Å². The molecule has 1 N–H and O–H groups in total. The van der Waals surface area contributed by atoms with Crippen molar-refractivity contribution < 1.29 is 9.53 Å². The predicted molar refractivity (Wildman–Crippen MR) is 121 cm³/mol. The highest BCUT2D eigenvalue weighted by molar-refractivity contribution is 9.10. The summed E-state index contributed by atoms with van der Waals surface area (Å²) in [5.74, 6) is 0.108. The lowest BCUT2D eigenvalue weighted by atomic mass is 9.73. The number of amides is 1. The van der Waals surface area contributed by atoms with E-state index in [1.165, 1.54) is 5.56 Å². The summed E-state index contributed by atoms with van der Waals surface area (Å²) in [6.07, 6.45) is 1.42. The lowest BCUT2D eigenvalue weighted by Crippen LogP contribution is -2.50. The number of hydrogen-bond acceptors (Lipinski definition) is 3. The molecule has 2 aromatic carbocycles. The molecule has 0 aliphatic carbocycles. The Bertz CT molecular complexity index is 769. The van der Waals surface area contributed by atoms with Gasteiger partial charge in [-0.25, -0.2) is 0 Å². The molecule has 0 aromatic heterocycles. The van der Waals surface area contributed by atoms with Gasteiger partial charge in [0.05, 0.1) is 11.5 Å². The molecule has 4 nitrogen and oxygen atoms in total. The minimum Gasteiger partial charge on any atom is -0.381 e. The molecule has 1 unspecified atom stereocenters. The molecule has 1 fully saturated rings. The van der Waals surface area contributed by atoms with Gasteiger partial charge in [0.25, 0.3) is 0 Å². The molecule has 1 atom stereocenters. The highest BCUT2D eigenvalue weighted by Crippen LogP contribution is 2.36. The molecule has 3 rings (SSSR count). The lowest BCUT2D eigenvalue weighted by molar-refractivity contribution is -0.130. The first kappa shape index (κ1) is 22.0. The summed E-state index contributed by atoms with van der Waals surface area (Å²) < 4.78 is 6.61. The van der Waals surface area contributed by atoms with Gasteiger partial charge in [0.1, 0.15) is 0 Å². The van der Waals surface area contributed by atoms with Crippen LogP contribution in [-0.4, -0.2) is 43.7 Å². The Hall–Kier alpha value is -1.69. The minimum atomic E-state index is -0.524. The van der Waals surface area contributed by atoms with Crippen molar-refractivity contribution >= 4 is 21.8 Å². The highest BCUT2D eigenvalue weighted by Gasteiger charge is 2.41. The van der Waals surface area contributed by atoms with Crippen molar-refractivity contribution in [2.24, 2.45) is 0 Å². The van der Waals surface area contributed by atoms with Gasteiger partial charge in [-0.05, 0) is 49.2 Å². The second-order valence-electron chi connectivity index (χ2n) is 7.56. The summed E-state index contributed by atoms with van der Waals surface area (Å²) in [6.45, 7) is 8.05. The standard InChI is InChI=1S/C24H31BrN2O2/c1-3-27(4-2)22(19-8-6-5-7-9-19)18-26-23(28)24(14-16-29-17-15-24)20-10-12-21(25)13-11-20/h5-13,22H,3-4,14-18H2,1-2H3,(H,26,28). The molecule has 1 amide bonds. The number of carbonyl (C=O) groups is 1. The SMILES string of the molecule is CCN(CC)C(CNC(=O)C1(c2ccc(Br)cc2)CCOCC1)c1ccccc1. The summed E-state index contributed by atoms with van der Waals surface area (Å²) in [5, 5.41) is 3.31. The van der Waals surface area contributed by atoms with Crippen LogP contribution in [0.15, 0.2) is 59.1 Å². The molecule has 0 saturated carbocycles. The Labute approximate surface area is 182 Å². The van der Waals surface area contributed by atoms with Crippen LogP contribution >= 0.6 is 15.9 Å². The summed E-state index contributed by atoms with van der Waals surface area (Å²) in [5.41, 5.74) is 1.78. The lowest BCUT2D eigenvalue weighted by Gasteiger charge is -2.37. The molecular weight excluding hydrogens is 428 g/mol. The number of nitrogens with zero attached hydrogens (tertiary/aromatic N) is 1. The van der Waals surface area contributed by atoms with Crippen LogP contribution in [0.2, 0.25) is 0 Å². The average Bonchev–Trinajstić information content (AvgIpc) is 2.78. The van der Waals surface area contributed by atoms with Crippen molar-refractivity contribution in [1.29, 1.82) is 0 Å². The van der Waals surface area contributed by atoms with Gasteiger partial charge in [-0.2, -0.15) is 0 Å². The van der Waals surface area contributed by atoms with Crippen molar-refractivity contribution in [1.82, 2.24) is 10.2 Å².